The maximum atomic E-state index is 9.46. The summed E-state index contributed by atoms with van der Waals surface area (Å²) in [5, 5.41) is 9.46. The second-order valence-electron chi connectivity index (χ2n) is 9.73. The lowest BCUT2D eigenvalue weighted by Gasteiger charge is -2.60. The van der Waals surface area contributed by atoms with Crippen molar-refractivity contribution < 1.29 is 5.11 Å². The van der Waals surface area contributed by atoms with Gasteiger partial charge in [-0.1, -0.05) is 26.7 Å². The van der Waals surface area contributed by atoms with E-state index in [-0.39, 0.29) is 0 Å². The molecule has 0 aromatic carbocycles. The average Bonchev–Trinajstić information content (AvgIpc) is 2.84. The lowest BCUT2D eigenvalue weighted by atomic mass is 9.45. The van der Waals surface area contributed by atoms with Gasteiger partial charge in [-0.2, -0.15) is 0 Å². The molecule has 7 unspecified atom stereocenters. The maximum absolute atomic E-state index is 9.46. The van der Waals surface area contributed by atoms with E-state index in [0.717, 1.165) is 36.0 Å². The summed E-state index contributed by atoms with van der Waals surface area (Å²) >= 11 is 0. The molecule has 4 rings (SSSR count). The zero-order valence-electron chi connectivity index (χ0n) is 14.8. The minimum absolute atomic E-state index is 0.404. The van der Waals surface area contributed by atoms with Crippen LogP contribution in [0.4, 0.5) is 0 Å². The van der Waals surface area contributed by atoms with E-state index in [4.69, 9.17) is 0 Å². The smallest absolute Gasteiger partial charge is 0.0433 e. The molecule has 0 aromatic heterocycles. The largest absolute Gasteiger partial charge is 0.396 e. The third-order valence-corrected chi connectivity index (χ3v) is 9.26. The van der Waals surface area contributed by atoms with Crippen LogP contribution in [-0.2, 0) is 0 Å². The summed E-state index contributed by atoms with van der Waals surface area (Å²) in [5.74, 6) is 4.86. The molecule has 1 heteroatoms. The number of aliphatic hydroxyl groups is 1. The van der Waals surface area contributed by atoms with Crippen LogP contribution in [0, 0.1) is 40.4 Å². The molecular formula is C21H36O. The fraction of sp³-hybridized carbons (Fsp3) is 1.00. The Labute approximate surface area is 137 Å². The Hall–Kier alpha value is -0.0400. The van der Waals surface area contributed by atoms with Crippen molar-refractivity contribution in [2.75, 3.05) is 6.61 Å². The predicted molar refractivity (Wildman–Crippen MR) is 91.5 cm³/mol. The first-order valence-electron chi connectivity index (χ1n) is 10.2. The van der Waals surface area contributed by atoms with Crippen LogP contribution in [0.3, 0.4) is 0 Å². The normalized spacial score (nSPS) is 54.4. The zero-order chi connectivity index (χ0) is 15.4. The summed E-state index contributed by atoms with van der Waals surface area (Å²) in [5.41, 5.74) is 1.24. The number of fused-ring (bicyclic) bond motifs is 5. The molecule has 0 radical (unpaired) electrons. The molecule has 4 aliphatic rings. The fourth-order valence-electron chi connectivity index (χ4n) is 8.03. The van der Waals surface area contributed by atoms with Crippen LogP contribution in [0.15, 0.2) is 0 Å². The first-order chi connectivity index (χ1) is 10.6. The van der Waals surface area contributed by atoms with Crippen molar-refractivity contribution in [1.29, 1.82) is 0 Å². The monoisotopic (exact) mass is 304 g/mol. The highest BCUT2D eigenvalue weighted by Crippen LogP contribution is 2.67. The van der Waals surface area contributed by atoms with E-state index >= 15 is 0 Å². The van der Waals surface area contributed by atoms with Crippen LogP contribution >= 0.6 is 0 Å². The Morgan fingerprint density at radius 1 is 0.818 bits per heavy atom. The molecule has 0 spiro atoms. The molecular weight excluding hydrogens is 268 g/mol. The van der Waals surface area contributed by atoms with Crippen molar-refractivity contribution in [2.45, 2.75) is 84.5 Å². The number of hydrogen-bond donors (Lipinski definition) is 1. The minimum atomic E-state index is 0.404. The van der Waals surface area contributed by atoms with Crippen molar-refractivity contribution in [3.8, 4) is 0 Å². The number of rotatable bonds is 2. The summed E-state index contributed by atoms with van der Waals surface area (Å²) in [6.07, 6.45) is 15.9. The lowest BCUT2D eigenvalue weighted by molar-refractivity contribution is -0.111. The van der Waals surface area contributed by atoms with Gasteiger partial charge in [0.2, 0.25) is 0 Å². The van der Waals surface area contributed by atoms with Crippen molar-refractivity contribution in [1.82, 2.24) is 0 Å². The topological polar surface area (TPSA) is 20.2 Å². The van der Waals surface area contributed by atoms with Gasteiger partial charge < -0.3 is 5.11 Å². The summed E-state index contributed by atoms with van der Waals surface area (Å²) in [6.45, 7) is 5.67. The van der Waals surface area contributed by atoms with Gasteiger partial charge >= 0.3 is 0 Å². The van der Waals surface area contributed by atoms with E-state index in [2.05, 4.69) is 13.8 Å². The highest BCUT2D eigenvalue weighted by molar-refractivity contribution is 5.08. The molecule has 4 saturated carbocycles. The van der Waals surface area contributed by atoms with Crippen LogP contribution in [0.1, 0.15) is 84.5 Å². The van der Waals surface area contributed by atoms with E-state index in [9.17, 15) is 5.11 Å². The second kappa shape index (κ2) is 5.50. The molecule has 0 amide bonds. The summed E-state index contributed by atoms with van der Waals surface area (Å²) in [7, 11) is 0. The molecule has 22 heavy (non-hydrogen) atoms. The third kappa shape index (κ3) is 2.06. The molecule has 1 nitrogen and oxygen atoms in total. The first kappa shape index (κ1) is 15.5. The summed E-state index contributed by atoms with van der Waals surface area (Å²) in [4.78, 5) is 0. The van der Waals surface area contributed by atoms with Gasteiger partial charge in [-0.25, -0.2) is 0 Å². The Kier molecular flexibility index (Phi) is 3.87. The van der Waals surface area contributed by atoms with Gasteiger partial charge in [0.1, 0.15) is 0 Å². The molecule has 7 atom stereocenters. The van der Waals surface area contributed by atoms with Crippen LogP contribution in [0.2, 0.25) is 0 Å². The highest BCUT2D eigenvalue weighted by Gasteiger charge is 2.59. The van der Waals surface area contributed by atoms with Crippen molar-refractivity contribution in [3.63, 3.8) is 0 Å². The summed E-state index contributed by atoms with van der Waals surface area (Å²) < 4.78 is 0. The van der Waals surface area contributed by atoms with Crippen LogP contribution in [0.25, 0.3) is 0 Å². The van der Waals surface area contributed by atoms with Crippen molar-refractivity contribution >= 4 is 0 Å². The standard InChI is InChI=1S/C21H36O/c1-20-12-4-3-5-15(20)6-8-17-18-9-7-16(11-14-22)21(18,2)13-10-19(17)20/h15-19,22H,3-14H2,1-2H3. The van der Waals surface area contributed by atoms with E-state index in [1.165, 1.54) is 64.2 Å². The van der Waals surface area contributed by atoms with E-state index in [1.54, 1.807) is 0 Å². The van der Waals surface area contributed by atoms with Gasteiger partial charge in [-0.15, -0.1) is 0 Å². The molecule has 0 aromatic rings. The third-order valence-electron chi connectivity index (χ3n) is 9.26. The number of hydrogen-bond acceptors (Lipinski definition) is 1. The molecule has 1 N–H and O–H groups in total. The quantitative estimate of drug-likeness (QED) is 0.722. The molecule has 0 bridgehead atoms. The van der Waals surface area contributed by atoms with Crippen molar-refractivity contribution in [2.24, 2.45) is 40.4 Å². The Morgan fingerprint density at radius 2 is 1.64 bits per heavy atom. The van der Waals surface area contributed by atoms with Gasteiger partial charge in [-0.3, -0.25) is 0 Å². The first-order valence-corrected chi connectivity index (χ1v) is 10.2. The SMILES string of the molecule is CC12CCCCC1CCC1C2CCC2(C)C(CCO)CCC12. The van der Waals surface area contributed by atoms with Gasteiger partial charge in [0.05, 0.1) is 0 Å². The van der Waals surface area contributed by atoms with Crippen molar-refractivity contribution in [3.05, 3.63) is 0 Å². The Morgan fingerprint density at radius 3 is 2.45 bits per heavy atom. The average molecular weight is 305 g/mol. The van der Waals surface area contributed by atoms with Gasteiger partial charge in [0.25, 0.3) is 0 Å². The molecule has 4 fully saturated rings. The maximum Gasteiger partial charge on any atom is 0.0433 e. The van der Waals surface area contributed by atoms with E-state index in [1.807, 2.05) is 0 Å². The predicted octanol–water partition coefficient (Wildman–Crippen LogP) is 5.42. The minimum Gasteiger partial charge on any atom is -0.396 e. The molecule has 126 valence electrons. The highest BCUT2D eigenvalue weighted by atomic mass is 16.3. The van der Waals surface area contributed by atoms with E-state index in [0.29, 0.717) is 17.4 Å². The van der Waals surface area contributed by atoms with Crippen LogP contribution in [-0.4, -0.2) is 11.7 Å². The van der Waals surface area contributed by atoms with Gasteiger partial charge in [0.15, 0.2) is 0 Å². The molecule has 0 aliphatic heterocycles. The van der Waals surface area contributed by atoms with Crippen LogP contribution in [0.5, 0.6) is 0 Å². The molecule has 0 heterocycles. The zero-order valence-corrected chi connectivity index (χ0v) is 14.8. The van der Waals surface area contributed by atoms with Gasteiger partial charge in [0, 0.05) is 6.61 Å². The van der Waals surface area contributed by atoms with Gasteiger partial charge in [-0.05, 0) is 98.2 Å². The Bertz CT molecular complexity index is 418. The number of aliphatic hydroxyl groups excluding tert-OH is 1. The second-order valence-corrected chi connectivity index (χ2v) is 9.73. The van der Waals surface area contributed by atoms with E-state index < -0.39 is 0 Å². The molecule has 0 saturated heterocycles. The Balaban J connectivity index is 1.59. The fourth-order valence-corrected chi connectivity index (χ4v) is 8.03. The lowest BCUT2D eigenvalue weighted by Crippen LogP contribution is -2.52. The van der Waals surface area contributed by atoms with Crippen LogP contribution < -0.4 is 0 Å². The summed E-state index contributed by atoms with van der Waals surface area (Å²) in [6, 6.07) is 0. The molecule has 4 aliphatic carbocycles.